The predicted octanol–water partition coefficient (Wildman–Crippen LogP) is 4.70. The largest absolute Gasteiger partial charge is 0.438 e. The molecule has 3 nitrogen and oxygen atoms in total. The van der Waals surface area contributed by atoms with Crippen LogP contribution >= 0.6 is 0 Å². The number of esters is 1. The number of carbonyl (C=O) groups excluding carboxylic acids is 1. The lowest BCUT2D eigenvalue weighted by Crippen LogP contribution is -2.70. The van der Waals surface area contributed by atoms with Gasteiger partial charge in [-0.1, -0.05) is 6.58 Å². The van der Waals surface area contributed by atoms with Gasteiger partial charge in [-0.3, -0.25) is 0 Å². The van der Waals surface area contributed by atoms with Gasteiger partial charge in [0, 0.05) is 18.9 Å². The molecule has 0 aliphatic rings. The Morgan fingerprint density at radius 1 is 0.926 bits per heavy atom. The maximum Gasteiger partial charge on any atom is 0.438 e. The first-order valence-electron chi connectivity index (χ1n) is 6.94. The Morgan fingerprint density at radius 2 is 1.37 bits per heavy atom. The normalized spacial score (nSPS) is 15.4. The minimum absolute atomic E-state index is 0.604. The van der Waals surface area contributed by atoms with Crippen LogP contribution < -0.4 is 0 Å². The van der Waals surface area contributed by atoms with Crippen LogP contribution in [0.25, 0.3) is 0 Å². The van der Waals surface area contributed by atoms with Gasteiger partial charge < -0.3 is 9.84 Å². The van der Waals surface area contributed by atoms with Gasteiger partial charge in [0.05, 0.1) is 0 Å². The molecule has 0 aromatic rings. The molecule has 0 aliphatic carbocycles. The first-order chi connectivity index (χ1) is 11.8. The fourth-order valence-corrected chi connectivity index (χ4v) is 1.83. The topological polar surface area (TPSA) is 46.5 Å². The molecule has 1 atom stereocenters. The van der Waals surface area contributed by atoms with Crippen molar-refractivity contribution in [2.75, 3.05) is 0 Å². The Labute approximate surface area is 144 Å². The molecule has 0 saturated carbocycles. The van der Waals surface area contributed by atoms with E-state index in [1.807, 2.05) is 0 Å². The van der Waals surface area contributed by atoms with Crippen LogP contribution in [0.15, 0.2) is 12.7 Å². The monoisotopic (exact) mass is 426 g/mol. The summed E-state index contributed by atoms with van der Waals surface area (Å²) in [4.78, 5) is 10.7. The molecule has 27 heavy (non-hydrogen) atoms. The molecule has 1 unspecified atom stereocenters. The minimum atomic E-state index is -7.48. The third-order valence-corrected chi connectivity index (χ3v) is 3.28. The standard InChI is InChI=1S/C13H13F11O3/c1-2-7(25)27-8(26)5-3-4-6-9(14,15)11(17,18)10(16,12(19,20)21)13(22,23)24/h2,8,26H,1,3-6H2. The average molecular weight is 426 g/mol. The van der Waals surface area contributed by atoms with Crippen molar-refractivity contribution in [2.24, 2.45) is 0 Å². The van der Waals surface area contributed by atoms with Gasteiger partial charge in [0.1, 0.15) is 0 Å². The summed E-state index contributed by atoms with van der Waals surface area (Å²) >= 11 is 0. The van der Waals surface area contributed by atoms with E-state index in [-0.39, 0.29) is 0 Å². The lowest BCUT2D eigenvalue weighted by atomic mass is 9.88. The number of aliphatic hydroxyl groups is 1. The molecule has 0 aromatic heterocycles. The fraction of sp³-hybridized carbons (Fsp3) is 0.769. The first kappa shape index (κ1) is 25.4. The highest BCUT2D eigenvalue weighted by atomic mass is 19.4. The molecular weight excluding hydrogens is 413 g/mol. The molecule has 160 valence electrons. The van der Waals surface area contributed by atoms with E-state index in [9.17, 15) is 53.1 Å². The molecule has 0 radical (unpaired) electrons. The molecule has 0 aliphatic heterocycles. The number of hydrogen-bond donors (Lipinski definition) is 1. The zero-order valence-electron chi connectivity index (χ0n) is 13.1. The summed E-state index contributed by atoms with van der Waals surface area (Å²) in [6.45, 7) is 2.94. The van der Waals surface area contributed by atoms with Crippen LogP contribution in [0, 0.1) is 0 Å². The zero-order chi connectivity index (χ0) is 21.9. The van der Waals surface area contributed by atoms with E-state index >= 15 is 0 Å². The molecule has 0 saturated heterocycles. The van der Waals surface area contributed by atoms with Crippen LogP contribution in [0.3, 0.4) is 0 Å². The summed E-state index contributed by atoms with van der Waals surface area (Å²) in [5.74, 6) is -14.3. The van der Waals surface area contributed by atoms with E-state index in [0.29, 0.717) is 6.08 Å². The number of alkyl halides is 11. The number of halogens is 11. The number of carbonyl (C=O) groups is 1. The summed E-state index contributed by atoms with van der Waals surface area (Å²) in [5.41, 5.74) is -7.48. The van der Waals surface area contributed by atoms with Crippen LogP contribution in [0.2, 0.25) is 0 Å². The van der Waals surface area contributed by atoms with Crippen LogP contribution in [-0.2, 0) is 9.53 Å². The molecular formula is C13H13F11O3. The van der Waals surface area contributed by atoms with Crippen LogP contribution in [0.5, 0.6) is 0 Å². The van der Waals surface area contributed by atoms with Crippen LogP contribution in [0.1, 0.15) is 25.7 Å². The molecule has 0 aromatic carbocycles. The first-order valence-corrected chi connectivity index (χ1v) is 6.94. The van der Waals surface area contributed by atoms with Gasteiger partial charge in [-0.15, -0.1) is 0 Å². The highest BCUT2D eigenvalue weighted by Gasteiger charge is 2.89. The molecule has 0 spiro atoms. The van der Waals surface area contributed by atoms with Crippen molar-refractivity contribution in [3.8, 4) is 0 Å². The Kier molecular flexibility index (Phi) is 7.70. The number of unbranched alkanes of at least 4 members (excludes halogenated alkanes) is 1. The quantitative estimate of drug-likeness (QED) is 0.191. The lowest BCUT2D eigenvalue weighted by Gasteiger charge is -2.39. The molecule has 0 rings (SSSR count). The van der Waals surface area contributed by atoms with Crippen molar-refractivity contribution in [2.45, 2.75) is 61.8 Å². The average Bonchev–Trinajstić information content (AvgIpc) is 2.47. The Hall–Kier alpha value is -1.60. The summed E-state index contributed by atoms with van der Waals surface area (Å²) in [6, 6.07) is 0. The molecule has 0 heterocycles. The lowest BCUT2D eigenvalue weighted by molar-refractivity contribution is -0.427. The number of hydrogen-bond acceptors (Lipinski definition) is 3. The van der Waals surface area contributed by atoms with Gasteiger partial charge in [0.2, 0.25) is 6.29 Å². The van der Waals surface area contributed by atoms with E-state index in [4.69, 9.17) is 5.11 Å². The van der Waals surface area contributed by atoms with Crippen molar-refractivity contribution in [3.05, 3.63) is 12.7 Å². The van der Waals surface area contributed by atoms with Crippen molar-refractivity contribution in [3.63, 3.8) is 0 Å². The Morgan fingerprint density at radius 3 is 1.74 bits per heavy atom. The van der Waals surface area contributed by atoms with Crippen LogP contribution in [0.4, 0.5) is 48.3 Å². The second kappa shape index (κ2) is 8.19. The molecule has 0 fully saturated rings. The molecule has 14 heteroatoms. The Bertz CT molecular complexity index is 511. The van der Waals surface area contributed by atoms with Gasteiger partial charge in [-0.25, -0.2) is 9.18 Å². The van der Waals surface area contributed by atoms with Crippen LogP contribution in [-0.4, -0.2) is 47.2 Å². The summed E-state index contributed by atoms with van der Waals surface area (Å²) < 4.78 is 145. The van der Waals surface area contributed by atoms with Gasteiger partial charge in [-0.2, -0.15) is 43.9 Å². The van der Waals surface area contributed by atoms with E-state index in [1.54, 1.807) is 0 Å². The van der Waals surface area contributed by atoms with E-state index in [0.717, 1.165) is 0 Å². The smallest absolute Gasteiger partial charge is 0.433 e. The fourth-order valence-electron chi connectivity index (χ4n) is 1.83. The number of rotatable bonds is 9. The van der Waals surface area contributed by atoms with Gasteiger partial charge in [0.15, 0.2) is 0 Å². The highest BCUT2D eigenvalue weighted by Crippen LogP contribution is 2.59. The number of aliphatic hydroxyl groups excluding tert-OH is 1. The number of ether oxygens (including phenoxy) is 1. The third-order valence-electron chi connectivity index (χ3n) is 3.28. The van der Waals surface area contributed by atoms with E-state index < -0.39 is 67.8 Å². The SMILES string of the molecule is C=CC(=O)OC(O)CCCCC(F)(F)C(F)(F)C(F)(C(F)(F)F)C(F)(F)F. The zero-order valence-corrected chi connectivity index (χ0v) is 13.1. The van der Waals surface area contributed by atoms with Gasteiger partial charge in [0.25, 0.3) is 0 Å². The molecule has 0 bridgehead atoms. The van der Waals surface area contributed by atoms with Crippen molar-refractivity contribution >= 4 is 5.97 Å². The summed E-state index contributed by atoms with van der Waals surface area (Å²) in [5, 5.41) is 9.10. The predicted molar refractivity (Wildman–Crippen MR) is 66.6 cm³/mol. The van der Waals surface area contributed by atoms with Crippen molar-refractivity contribution in [1.29, 1.82) is 0 Å². The minimum Gasteiger partial charge on any atom is -0.433 e. The van der Waals surface area contributed by atoms with E-state index in [1.165, 1.54) is 0 Å². The maximum atomic E-state index is 13.4. The summed E-state index contributed by atoms with van der Waals surface area (Å²) in [6.07, 6.45) is -20.8. The van der Waals surface area contributed by atoms with E-state index in [2.05, 4.69) is 11.3 Å². The maximum absolute atomic E-state index is 13.4. The van der Waals surface area contributed by atoms with Crippen molar-refractivity contribution < 1.29 is 62.9 Å². The second-order valence-electron chi connectivity index (χ2n) is 5.27. The highest BCUT2D eigenvalue weighted by molar-refractivity contribution is 5.81. The Balaban J connectivity index is 5.21. The van der Waals surface area contributed by atoms with Gasteiger partial charge in [-0.05, 0) is 12.8 Å². The summed E-state index contributed by atoms with van der Waals surface area (Å²) in [7, 11) is 0. The van der Waals surface area contributed by atoms with Gasteiger partial charge >= 0.3 is 35.8 Å². The third kappa shape index (κ3) is 5.23. The van der Waals surface area contributed by atoms with Crippen molar-refractivity contribution in [1.82, 2.24) is 0 Å². The molecule has 1 N–H and O–H groups in total. The molecule has 0 amide bonds. The second-order valence-corrected chi connectivity index (χ2v) is 5.27.